The molecular weight excluding hydrogens is 226 g/mol. The predicted molar refractivity (Wildman–Crippen MR) is 69.2 cm³/mol. The number of hydrogen-bond acceptors (Lipinski definition) is 4. The Morgan fingerprint density at radius 1 is 1.33 bits per heavy atom. The minimum atomic E-state index is 0.538. The van der Waals surface area contributed by atoms with Gasteiger partial charge < -0.3 is 5.73 Å². The van der Waals surface area contributed by atoms with Gasteiger partial charge in [-0.1, -0.05) is 13.8 Å². The average molecular weight is 241 g/mol. The number of rotatable bonds is 3. The molecule has 0 aliphatic carbocycles. The van der Waals surface area contributed by atoms with Gasteiger partial charge in [0.2, 0.25) is 0 Å². The van der Waals surface area contributed by atoms with Crippen LogP contribution in [0, 0.1) is 11.3 Å². The van der Waals surface area contributed by atoms with Crippen molar-refractivity contribution in [3.05, 3.63) is 35.4 Å². The van der Waals surface area contributed by atoms with Gasteiger partial charge in [-0.2, -0.15) is 10.4 Å². The number of nitrogens with two attached hydrogens (primary N) is 1. The van der Waals surface area contributed by atoms with Crippen LogP contribution in [-0.2, 0) is 12.8 Å². The maximum Gasteiger partial charge on any atom is 0.151 e. The normalized spacial score (nSPS) is 10.3. The van der Waals surface area contributed by atoms with E-state index in [1.807, 2.05) is 13.8 Å². The minimum absolute atomic E-state index is 0.538. The van der Waals surface area contributed by atoms with Gasteiger partial charge in [0, 0.05) is 12.8 Å². The molecule has 1 heterocycles. The maximum atomic E-state index is 8.83. The highest BCUT2D eigenvalue weighted by molar-refractivity contribution is 5.60. The lowest BCUT2D eigenvalue weighted by Gasteiger charge is -2.07. The zero-order valence-electron chi connectivity index (χ0n) is 10.5. The summed E-state index contributed by atoms with van der Waals surface area (Å²) in [5.74, 6) is 1.68. The molecule has 2 aromatic rings. The molecule has 0 unspecified atom stereocenters. The first-order valence-electron chi connectivity index (χ1n) is 5.94. The first-order chi connectivity index (χ1) is 8.69. The monoisotopic (exact) mass is 241 g/mol. The fourth-order valence-electron chi connectivity index (χ4n) is 1.78. The Labute approximate surface area is 106 Å². The van der Waals surface area contributed by atoms with Crippen LogP contribution >= 0.6 is 0 Å². The third-order valence-corrected chi connectivity index (χ3v) is 2.74. The second-order valence-electron chi connectivity index (χ2n) is 3.95. The summed E-state index contributed by atoms with van der Waals surface area (Å²) in [6.07, 6.45) is 1.57. The molecule has 1 aromatic carbocycles. The van der Waals surface area contributed by atoms with E-state index in [9.17, 15) is 0 Å². The molecule has 0 spiro atoms. The number of nitrogen functional groups attached to an aromatic ring is 1. The molecular formula is C13H15N5. The van der Waals surface area contributed by atoms with Crippen LogP contribution in [0.4, 0.5) is 5.69 Å². The van der Waals surface area contributed by atoms with Gasteiger partial charge in [0.05, 0.1) is 23.0 Å². The Morgan fingerprint density at radius 2 is 2.11 bits per heavy atom. The van der Waals surface area contributed by atoms with Crippen molar-refractivity contribution in [2.24, 2.45) is 0 Å². The first kappa shape index (κ1) is 12.1. The molecule has 0 saturated carbocycles. The van der Waals surface area contributed by atoms with Crippen molar-refractivity contribution in [3.8, 4) is 11.8 Å². The van der Waals surface area contributed by atoms with Gasteiger partial charge in [0.1, 0.15) is 5.82 Å². The Balaban J connectivity index is 2.54. The summed E-state index contributed by atoms with van der Waals surface area (Å²) < 4.78 is 1.76. The van der Waals surface area contributed by atoms with Gasteiger partial charge in [-0.05, 0) is 18.2 Å². The molecule has 1 aromatic heterocycles. The van der Waals surface area contributed by atoms with Crippen LogP contribution in [0.3, 0.4) is 0 Å². The molecule has 0 saturated heterocycles. The van der Waals surface area contributed by atoms with Gasteiger partial charge in [0.25, 0.3) is 0 Å². The van der Waals surface area contributed by atoms with Gasteiger partial charge in [-0.15, -0.1) is 0 Å². The third-order valence-electron chi connectivity index (χ3n) is 2.74. The van der Waals surface area contributed by atoms with E-state index in [0.717, 1.165) is 30.2 Å². The van der Waals surface area contributed by atoms with Crippen LogP contribution in [0.1, 0.15) is 31.1 Å². The predicted octanol–water partition coefficient (Wildman–Crippen LogP) is 1.85. The number of hydrogen-bond donors (Lipinski definition) is 1. The van der Waals surface area contributed by atoms with Crippen LogP contribution in [-0.4, -0.2) is 14.8 Å². The molecule has 0 atom stereocenters. The fourth-order valence-corrected chi connectivity index (χ4v) is 1.78. The fraction of sp³-hybridized carbons (Fsp3) is 0.308. The Morgan fingerprint density at radius 3 is 2.67 bits per heavy atom. The van der Waals surface area contributed by atoms with Crippen LogP contribution in [0.25, 0.3) is 5.69 Å². The van der Waals surface area contributed by atoms with E-state index >= 15 is 0 Å². The highest BCUT2D eigenvalue weighted by atomic mass is 15.4. The Kier molecular flexibility index (Phi) is 3.28. The van der Waals surface area contributed by atoms with Crippen LogP contribution in [0.15, 0.2) is 18.2 Å². The Hall–Kier alpha value is -2.35. The average Bonchev–Trinajstić information content (AvgIpc) is 2.81. The van der Waals surface area contributed by atoms with Crippen molar-refractivity contribution in [2.45, 2.75) is 26.7 Å². The number of nitrogens with zero attached hydrogens (tertiary/aromatic N) is 4. The zero-order chi connectivity index (χ0) is 13.1. The van der Waals surface area contributed by atoms with Crippen LogP contribution < -0.4 is 5.73 Å². The largest absolute Gasteiger partial charge is 0.397 e. The summed E-state index contributed by atoms with van der Waals surface area (Å²) in [6.45, 7) is 4.04. The third kappa shape index (κ3) is 2.05. The molecule has 0 fully saturated rings. The van der Waals surface area contributed by atoms with E-state index < -0.39 is 0 Å². The minimum Gasteiger partial charge on any atom is -0.397 e. The molecule has 0 aliphatic rings. The second-order valence-corrected chi connectivity index (χ2v) is 3.95. The smallest absolute Gasteiger partial charge is 0.151 e. The zero-order valence-corrected chi connectivity index (χ0v) is 10.5. The van der Waals surface area contributed by atoms with Crippen molar-refractivity contribution < 1.29 is 0 Å². The first-order valence-corrected chi connectivity index (χ1v) is 5.94. The summed E-state index contributed by atoms with van der Waals surface area (Å²) in [5, 5.41) is 13.3. The van der Waals surface area contributed by atoms with Gasteiger partial charge >= 0.3 is 0 Å². The number of benzene rings is 1. The number of anilines is 1. The summed E-state index contributed by atoms with van der Waals surface area (Å²) >= 11 is 0. The molecule has 18 heavy (non-hydrogen) atoms. The molecule has 92 valence electrons. The van der Waals surface area contributed by atoms with Gasteiger partial charge in [-0.3, -0.25) is 0 Å². The molecule has 0 aliphatic heterocycles. The SMILES string of the molecule is CCc1nc(CC)n(-c2ccc(C#N)cc2N)n1. The van der Waals surface area contributed by atoms with Crippen molar-refractivity contribution >= 4 is 5.69 Å². The van der Waals surface area contributed by atoms with Crippen molar-refractivity contribution in [1.29, 1.82) is 5.26 Å². The molecule has 0 radical (unpaired) electrons. The highest BCUT2D eigenvalue weighted by Crippen LogP contribution is 2.19. The summed E-state index contributed by atoms with van der Waals surface area (Å²) in [5.41, 5.74) is 7.82. The second kappa shape index (κ2) is 4.88. The quantitative estimate of drug-likeness (QED) is 0.831. The lowest BCUT2D eigenvalue weighted by Crippen LogP contribution is -2.05. The number of aryl methyl sites for hydroxylation is 2. The number of nitriles is 1. The molecule has 5 heteroatoms. The van der Waals surface area contributed by atoms with E-state index in [1.165, 1.54) is 0 Å². The van der Waals surface area contributed by atoms with Crippen LogP contribution in [0.2, 0.25) is 0 Å². The van der Waals surface area contributed by atoms with E-state index in [1.54, 1.807) is 22.9 Å². The van der Waals surface area contributed by atoms with E-state index in [4.69, 9.17) is 11.0 Å². The Bertz CT molecular complexity index is 606. The standard InChI is InChI=1S/C13H15N5/c1-3-12-16-13(4-2)18(17-12)11-6-5-9(8-14)7-10(11)15/h5-7H,3-4,15H2,1-2H3. The number of aromatic nitrogens is 3. The molecule has 0 bridgehead atoms. The van der Waals surface area contributed by atoms with Crippen molar-refractivity contribution in [3.63, 3.8) is 0 Å². The van der Waals surface area contributed by atoms with E-state index in [0.29, 0.717) is 11.3 Å². The molecule has 2 N–H and O–H groups in total. The summed E-state index contributed by atoms with van der Waals surface area (Å²) in [7, 11) is 0. The summed E-state index contributed by atoms with van der Waals surface area (Å²) in [6, 6.07) is 7.26. The van der Waals surface area contributed by atoms with Crippen LogP contribution in [0.5, 0.6) is 0 Å². The molecule has 5 nitrogen and oxygen atoms in total. The van der Waals surface area contributed by atoms with E-state index in [-0.39, 0.29) is 0 Å². The topological polar surface area (TPSA) is 80.5 Å². The van der Waals surface area contributed by atoms with Crippen molar-refractivity contribution in [1.82, 2.24) is 14.8 Å². The maximum absolute atomic E-state index is 8.83. The summed E-state index contributed by atoms with van der Waals surface area (Å²) in [4.78, 5) is 4.44. The van der Waals surface area contributed by atoms with Gasteiger partial charge in [-0.25, -0.2) is 9.67 Å². The molecule has 2 rings (SSSR count). The van der Waals surface area contributed by atoms with Gasteiger partial charge in [0.15, 0.2) is 5.82 Å². The molecule has 0 amide bonds. The highest BCUT2D eigenvalue weighted by Gasteiger charge is 2.11. The lowest BCUT2D eigenvalue weighted by molar-refractivity contribution is 0.793. The van der Waals surface area contributed by atoms with Crippen molar-refractivity contribution in [2.75, 3.05) is 5.73 Å². The lowest BCUT2D eigenvalue weighted by atomic mass is 10.2. The van der Waals surface area contributed by atoms with E-state index in [2.05, 4.69) is 16.2 Å².